The van der Waals surface area contributed by atoms with Gasteiger partial charge in [-0.25, -0.2) is 4.90 Å². The number of imide groups is 1. The molecule has 3 rings (SSSR count). The molecule has 2 aromatic rings. The van der Waals surface area contributed by atoms with Crippen molar-refractivity contribution >= 4 is 34.6 Å². The third-order valence-electron chi connectivity index (χ3n) is 3.12. The molecule has 1 aliphatic rings. The summed E-state index contributed by atoms with van der Waals surface area (Å²) in [6.07, 6.45) is 2.42. The average Bonchev–Trinajstić information content (AvgIpc) is 2.86. The summed E-state index contributed by atoms with van der Waals surface area (Å²) in [5, 5.41) is 8.21. The molecular weight excluding hydrogens is 280 g/mol. The highest BCUT2D eigenvalue weighted by atomic mass is 16.2. The van der Waals surface area contributed by atoms with Crippen LogP contribution in [0, 0.1) is 0 Å². The molecule has 6 heteroatoms. The topological polar surface area (TPSA) is 88.1 Å². The van der Waals surface area contributed by atoms with E-state index in [9.17, 15) is 9.59 Å². The Morgan fingerprint density at radius 2 is 1.50 bits per heavy atom. The second-order valence-electron chi connectivity index (χ2n) is 4.60. The van der Waals surface area contributed by atoms with Gasteiger partial charge in [-0.1, -0.05) is 24.3 Å². The first-order valence-corrected chi connectivity index (χ1v) is 6.58. The summed E-state index contributed by atoms with van der Waals surface area (Å²) in [6, 6.07) is 14.0. The summed E-state index contributed by atoms with van der Waals surface area (Å²) in [7, 11) is 0. The molecule has 0 saturated heterocycles. The number of hydrogen-bond acceptors (Lipinski definition) is 5. The van der Waals surface area contributed by atoms with E-state index in [1.54, 1.807) is 30.3 Å². The lowest BCUT2D eigenvalue weighted by atomic mass is 10.2. The van der Waals surface area contributed by atoms with Gasteiger partial charge in [-0.15, -0.1) is 5.11 Å². The Balaban J connectivity index is 2.03. The van der Waals surface area contributed by atoms with Crippen molar-refractivity contribution in [1.82, 2.24) is 0 Å². The number of amides is 2. The first-order chi connectivity index (χ1) is 10.7. The first kappa shape index (κ1) is 13.7. The van der Waals surface area contributed by atoms with Crippen LogP contribution in [-0.4, -0.2) is 11.8 Å². The van der Waals surface area contributed by atoms with Gasteiger partial charge in [-0.05, 0) is 24.3 Å². The van der Waals surface area contributed by atoms with Crippen molar-refractivity contribution in [2.45, 2.75) is 0 Å². The highest BCUT2D eigenvalue weighted by Gasteiger charge is 2.28. The Hall–Kier alpha value is -3.28. The van der Waals surface area contributed by atoms with Crippen molar-refractivity contribution in [3.8, 4) is 0 Å². The molecule has 0 unspecified atom stereocenters. The molecule has 0 aromatic heterocycles. The van der Waals surface area contributed by atoms with Gasteiger partial charge in [0, 0.05) is 12.2 Å². The van der Waals surface area contributed by atoms with E-state index in [1.807, 2.05) is 18.2 Å². The predicted octanol–water partition coefficient (Wildman–Crippen LogP) is 3.11. The minimum absolute atomic E-state index is 0.289. The third-order valence-corrected chi connectivity index (χ3v) is 3.12. The Labute approximate surface area is 126 Å². The molecule has 2 amide bonds. The number of azo groups is 1. The highest BCUT2D eigenvalue weighted by Crippen LogP contribution is 2.36. The van der Waals surface area contributed by atoms with Crippen LogP contribution in [0.2, 0.25) is 0 Å². The molecule has 0 fully saturated rings. The van der Waals surface area contributed by atoms with Gasteiger partial charge in [0.1, 0.15) is 5.69 Å². The minimum atomic E-state index is -0.424. The third kappa shape index (κ3) is 2.49. The van der Waals surface area contributed by atoms with Crippen LogP contribution < -0.4 is 10.6 Å². The molecule has 0 spiro atoms. The largest absolute Gasteiger partial charge is 0.397 e. The van der Waals surface area contributed by atoms with Crippen LogP contribution in [0.1, 0.15) is 0 Å². The van der Waals surface area contributed by atoms with Gasteiger partial charge in [0.2, 0.25) is 0 Å². The molecule has 2 aromatic carbocycles. The zero-order valence-electron chi connectivity index (χ0n) is 11.5. The second-order valence-corrected chi connectivity index (χ2v) is 4.60. The smallest absolute Gasteiger partial charge is 0.258 e. The van der Waals surface area contributed by atoms with E-state index in [-0.39, 0.29) is 5.69 Å². The molecule has 0 aliphatic carbocycles. The van der Waals surface area contributed by atoms with Gasteiger partial charge in [0.05, 0.1) is 17.1 Å². The fourth-order valence-electron chi connectivity index (χ4n) is 2.08. The van der Waals surface area contributed by atoms with Crippen molar-refractivity contribution in [3.63, 3.8) is 0 Å². The standard InChI is InChI=1S/C16H12N4O2/c17-12-7-4-8-13(20-14(21)9-10-15(20)22)16(12)19-18-11-5-2-1-3-6-11/h1-10H,17H2. The van der Waals surface area contributed by atoms with E-state index in [2.05, 4.69) is 10.2 Å². The lowest BCUT2D eigenvalue weighted by Crippen LogP contribution is -2.29. The maximum absolute atomic E-state index is 11.8. The van der Waals surface area contributed by atoms with E-state index in [4.69, 9.17) is 5.73 Å². The fraction of sp³-hybridized carbons (Fsp3) is 0. The van der Waals surface area contributed by atoms with Crippen LogP contribution in [0.25, 0.3) is 0 Å². The van der Waals surface area contributed by atoms with E-state index in [1.165, 1.54) is 12.2 Å². The summed E-state index contributed by atoms with van der Waals surface area (Å²) in [6.45, 7) is 0. The Kier molecular flexibility index (Phi) is 3.49. The Morgan fingerprint density at radius 3 is 2.18 bits per heavy atom. The first-order valence-electron chi connectivity index (χ1n) is 6.58. The van der Waals surface area contributed by atoms with E-state index >= 15 is 0 Å². The van der Waals surface area contributed by atoms with E-state index in [0.29, 0.717) is 17.1 Å². The molecule has 0 atom stereocenters. The predicted molar refractivity (Wildman–Crippen MR) is 83.1 cm³/mol. The summed E-state index contributed by atoms with van der Waals surface area (Å²) >= 11 is 0. The number of rotatable bonds is 3. The summed E-state index contributed by atoms with van der Waals surface area (Å²) in [5.74, 6) is -0.849. The molecule has 1 heterocycles. The SMILES string of the molecule is Nc1cccc(N2C(=O)C=CC2=O)c1N=Nc1ccccc1. The fourth-order valence-corrected chi connectivity index (χ4v) is 2.08. The minimum Gasteiger partial charge on any atom is -0.397 e. The van der Waals surface area contributed by atoms with Crippen molar-refractivity contribution in [2.75, 3.05) is 10.6 Å². The van der Waals surface area contributed by atoms with Crippen LogP contribution in [-0.2, 0) is 9.59 Å². The normalized spacial score (nSPS) is 14.3. The molecule has 0 saturated carbocycles. The second kappa shape index (κ2) is 5.61. The van der Waals surface area contributed by atoms with Crippen LogP contribution in [0.3, 0.4) is 0 Å². The van der Waals surface area contributed by atoms with Crippen molar-refractivity contribution in [2.24, 2.45) is 10.2 Å². The molecule has 22 heavy (non-hydrogen) atoms. The molecule has 0 radical (unpaired) electrons. The Bertz CT molecular complexity index is 779. The zero-order valence-corrected chi connectivity index (χ0v) is 11.5. The van der Waals surface area contributed by atoms with Crippen LogP contribution in [0.4, 0.5) is 22.7 Å². The van der Waals surface area contributed by atoms with Gasteiger partial charge >= 0.3 is 0 Å². The molecule has 6 nitrogen and oxygen atoms in total. The molecular formula is C16H12N4O2. The van der Waals surface area contributed by atoms with Crippen molar-refractivity contribution in [3.05, 3.63) is 60.7 Å². The number of benzene rings is 2. The van der Waals surface area contributed by atoms with Crippen molar-refractivity contribution in [1.29, 1.82) is 0 Å². The number of nitrogens with zero attached hydrogens (tertiary/aromatic N) is 3. The van der Waals surface area contributed by atoms with Crippen molar-refractivity contribution < 1.29 is 9.59 Å². The lowest BCUT2D eigenvalue weighted by molar-refractivity contribution is -0.119. The maximum Gasteiger partial charge on any atom is 0.258 e. The lowest BCUT2D eigenvalue weighted by Gasteiger charge is -2.16. The summed E-state index contributed by atoms with van der Waals surface area (Å²) in [4.78, 5) is 24.7. The molecule has 2 N–H and O–H groups in total. The number of carbonyl (C=O) groups excluding carboxylic acids is 2. The highest BCUT2D eigenvalue weighted by molar-refractivity contribution is 6.29. The zero-order chi connectivity index (χ0) is 15.5. The number of nitrogen functional groups attached to an aromatic ring is 1. The van der Waals surface area contributed by atoms with Crippen LogP contribution >= 0.6 is 0 Å². The van der Waals surface area contributed by atoms with Gasteiger partial charge in [-0.3, -0.25) is 9.59 Å². The number of anilines is 2. The number of nitrogens with two attached hydrogens (primary N) is 1. The number of hydrogen-bond donors (Lipinski definition) is 1. The van der Waals surface area contributed by atoms with Crippen LogP contribution in [0.5, 0.6) is 0 Å². The van der Waals surface area contributed by atoms with E-state index in [0.717, 1.165) is 4.90 Å². The van der Waals surface area contributed by atoms with E-state index < -0.39 is 11.8 Å². The number of carbonyl (C=O) groups is 2. The van der Waals surface area contributed by atoms with Gasteiger partial charge in [0.25, 0.3) is 11.8 Å². The van der Waals surface area contributed by atoms with Gasteiger partial charge < -0.3 is 5.73 Å². The molecule has 1 aliphatic heterocycles. The van der Waals surface area contributed by atoms with Crippen LogP contribution in [0.15, 0.2) is 70.9 Å². The Morgan fingerprint density at radius 1 is 0.818 bits per heavy atom. The van der Waals surface area contributed by atoms with Gasteiger partial charge in [0.15, 0.2) is 0 Å². The summed E-state index contributed by atoms with van der Waals surface area (Å²) < 4.78 is 0. The monoisotopic (exact) mass is 292 g/mol. The average molecular weight is 292 g/mol. The van der Waals surface area contributed by atoms with Gasteiger partial charge in [-0.2, -0.15) is 5.11 Å². The molecule has 0 bridgehead atoms. The molecule has 108 valence electrons. The summed E-state index contributed by atoms with van der Waals surface area (Å²) in [5.41, 5.74) is 7.51. The quantitative estimate of drug-likeness (QED) is 0.535. The maximum atomic E-state index is 11.8.